The summed E-state index contributed by atoms with van der Waals surface area (Å²) < 4.78 is 7.87. The van der Waals surface area contributed by atoms with Crippen LogP contribution in [-0.2, 0) is 6.54 Å². The zero-order valence-electron chi connectivity index (χ0n) is 19.3. The molecule has 1 saturated heterocycles. The Labute approximate surface area is 194 Å². The number of rotatable bonds is 6. The van der Waals surface area contributed by atoms with Gasteiger partial charge in [0.15, 0.2) is 0 Å². The van der Waals surface area contributed by atoms with Gasteiger partial charge in [-0.2, -0.15) is 0 Å². The number of benzene rings is 1. The molecule has 1 fully saturated rings. The minimum atomic E-state index is 0.654. The van der Waals surface area contributed by atoms with Crippen molar-refractivity contribution >= 4 is 16.9 Å². The molecule has 4 aromatic rings. The maximum absolute atomic E-state index is 5.65. The molecule has 0 unspecified atom stereocenters. The average molecular weight is 443 g/mol. The van der Waals surface area contributed by atoms with E-state index in [2.05, 4.69) is 50.7 Å². The summed E-state index contributed by atoms with van der Waals surface area (Å²) in [5, 5.41) is 1.05. The Balaban J connectivity index is 1.30. The molecule has 170 valence electrons. The fraction of sp³-hybridized carbons (Fsp3) is 0.346. The Hall–Kier alpha value is -3.45. The van der Waals surface area contributed by atoms with Crippen molar-refractivity contribution in [3.05, 3.63) is 72.4 Å². The van der Waals surface area contributed by atoms with Crippen LogP contribution in [0.5, 0.6) is 5.75 Å². The summed E-state index contributed by atoms with van der Waals surface area (Å²) in [5.41, 5.74) is 4.34. The molecule has 1 aliphatic heterocycles. The second-order valence-corrected chi connectivity index (χ2v) is 8.42. The van der Waals surface area contributed by atoms with Gasteiger partial charge in [-0.25, -0.2) is 9.97 Å². The highest BCUT2D eigenvalue weighted by atomic mass is 16.5. The Bertz CT molecular complexity index is 1220. The van der Waals surface area contributed by atoms with Crippen LogP contribution >= 0.6 is 0 Å². The van der Waals surface area contributed by atoms with E-state index in [9.17, 15) is 0 Å². The van der Waals surface area contributed by atoms with Crippen molar-refractivity contribution in [3.8, 4) is 11.4 Å². The normalized spacial score (nSPS) is 15.0. The van der Waals surface area contributed by atoms with Gasteiger partial charge in [0.25, 0.3) is 0 Å². The van der Waals surface area contributed by atoms with Gasteiger partial charge in [0, 0.05) is 56.2 Å². The maximum Gasteiger partial charge on any atom is 0.226 e. The standard InChI is InChI=1S/C26H30N6O/c1-3-33-23-9-10-25-24(17-23)20(2)28-26(29-25)31-13-6-12-30(15-16-31)19-22-8-5-14-32(22)21-7-4-11-27-18-21/h4-5,7-11,14,17-18H,3,6,12-13,15-16,19H2,1-2H3. The Kier molecular flexibility index (Phi) is 6.21. The van der Waals surface area contributed by atoms with Crippen molar-refractivity contribution in [3.63, 3.8) is 0 Å². The lowest BCUT2D eigenvalue weighted by Crippen LogP contribution is -2.32. The van der Waals surface area contributed by atoms with Crippen molar-refractivity contribution in [1.82, 2.24) is 24.4 Å². The molecule has 0 N–H and O–H groups in total. The first-order valence-electron chi connectivity index (χ1n) is 11.7. The SMILES string of the molecule is CCOc1ccc2nc(N3CCCN(Cc4cccn4-c4cccnc4)CC3)nc(C)c2c1. The molecule has 4 heterocycles. The molecule has 7 nitrogen and oxygen atoms in total. The van der Waals surface area contributed by atoms with Crippen molar-refractivity contribution in [2.45, 2.75) is 26.8 Å². The minimum Gasteiger partial charge on any atom is -0.494 e. The van der Waals surface area contributed by atoms with E-state index in [1.165, 1.54) is 5.69 Å². The minimum absolute atomic E-state index is 0.654. The van der Waals surface area contributed by atoms with Crippen LogP contribution in [0.25, 0.3) is 16.6 Å². The molecule has 0 spiro atoms. The van der Waals surface area contributed by atoms with E-state index >= 15 is 0 Å². The van der Waals surface area contributed by atoms with Crippen molar-refractivity contribution in [1.29, 1.82) is 0 Å². The monoisotopic (exact) mass is 442 g/mol. The van der Waals surface area contributed by atoms with E-state index < -0.39 is 0 Å². The van der Waals surface area contributed by atoms with Crippen molar-refractivity contribution in [2.75, 3.05) is 37.7 Å². The molecule has 0 bridgehead atoms. The number of nitrogens with zero attached hydrogens (tertiary/aromatic N) is 6. The number of fused-ring (bicyclic) bond motifs is 1. The zero-order chi connectivity index (χ0) is 22.6. The molecule has 0 amide bonds. The number of ether oxygens (including phenoxy) is 1. The summed E-state index contributed by atoms with van der Waals surface area (Å²) in [6.07, 6.45) is 6.91. The zero-order valence-corrected chi connectivity index (χ0v) is 19.3. The molecule has 1 aromatic carbocycles. The van der Waals surface area contributed by atoms with Gasteiger partial charge in [0.1, 0.15) is 5.75 Å². The van der Waals surface area contributed by atoms with E-state index in [-0.39, 0.29) is 0 Å². The quantitative estimate of drug-likeness (QED) is 0.445. The summed E-state index contributed by atoms with van der Waals surface area (Å²) in [6, 6.07) is 14.4. The molecule has 33 heavy (non-hydrogen) atoms. The third-order valence-electron chi connectivity index (χ3n) is 6.17. The second-order valence-electron chi connectivity index (χ2n) is 8.42. The summed E-state index contributed by atoms with van der Waals surface area (Å²) in [7, 11) is 0. The Morgan fingerprint density at radius 2 is 1.94 bits per heavy atom. The highest BCUT2D eigenvalue weighted by Crippen LogP contribution is 2.25. The highest BCUT2D eigenvalue weighted by molar-refractivity contribution is 5.83. The van der Waals surface area contributed by atoms with E-state index in [1.807, 2.05) is 43.6 Å². The van der Waals surface area contributed by atoms with Gasteiger partial charge in [-0.05, 0) is 62.7 Å². The Morgan fingerprint density at radius 3 is 2.79 bits per heavy atom. The third-order valence-corrected chi connectivity index (χ3v) is 6.17. The van der Waals surface area contributed by atoms with Crippen LogP contribution in [0.1, 0.15) is 24.7 Å². The average Bonchev–Trinajstić information content (AvgIpc) is 3.17. The largest absolute Gasteiger partial charge is 0.494 e. The number of aryl methyl sites for hydroxylation is 1. The third kappa shape index (κ3) is 4.68. The number of aromatic nitrogens is 4. The van der Waals surface area contributed by atoms with E-state index in [1.54, 1.807) is 0 Å². The number of pyridine rings is 1. The lowest BCUT2D eigenvalue weighted by atomic mass is 10.2. The van der Waals surface area contributed by atoms with Crippen LogP contribution in [0.3, 0.4) is 0 Å². The van der Waals surface area contributed by atoms with Gasteiger partial charge in [0.2, 0.25) is 5.95 Å². The van der Waals surface area contributed by atoms with Crippen LogP contribution in [-0.4, -0.2) is 57.2 Å². The predicted molar refractivity (Wildman–Crippen MR) is 131 cm³/mol. The highest BCUT2D eigenvalue weighted by Gasteiger charge is 2.19. The van der Waals surface area contributed by atoms with Gasteiger partial charge in [-0.3, -0.25) is 9.88 Å². The number of hydrogen-bond donors (Lipinski definition) is 0. The number of anilines is 1. The topological polar surface area (TPSA) is 59.3 Å². The van der Waals surface area contributed by atoms with Crippen LogP contribution in [0, 0.1) is 6.92 Å². The molecule has 5 rings (SSSR count). The van der Waals surface area contributed by atoms with Gasteiger partial charge < -0.3 is 14.2 Å². The first-order chi connectivity index (χ1) is 16.2. The smallest absolute Gasteiger partial charge is 0.226 e. The van der Waals surface area contributed by atoms with E-state index in [4.69, 9.17) is 14.7 Å². The lowest BCUT2D eigenvalue weighted by molar-refractivity contribution is 0.280. The van der Waals surface area contributed by atoms with Crippen molar-refractivity contribution in [2.24, 2.45) is 0 Å². The van der Waals surface area contributed by atoms with Gasteiger partial charge in [-0.15, -0.1) is 0 Å². The van der Waals surface area contributed by atoms with E-state index in [0.29, 0.717) is 6.61 Å². The molecule has 0 saturated carbocycles. The fourth-order valence-corrected chi connectivity index (χ4v) is 4.49. The van der Waals surface area contributed by atoms with Crippen LogP contribution < -0.4 is 9.64 Å². The maximum atomic E-state index is 5.65. The molecule has 1 aliphatic rings. The first-order valence-corrected chi connectivity index (χ1v) is 11.7. The van der Waals surface area contributed by atoms with Crippen LogP contribution in [0.15, 0.2) is 61.1 Å². The summed E-state index contributed by atoms with van der Waals surface area (Å²) in [4.78, 5) is 18.8. The van der Waals surface area contributed by atoms with Crippen LogP contribution in [0.2, 0.25) is 0 Å². The molecule has 0 aliphatic carbocycles. The summed E-state index contributed by atoms with van der Waals surface area (Å²) in [6.45, 7) is 9.52. The van der Waals surface area contributed by atoms with Gasteiger partial charge in [0.05, 0.1) is 29.7 Å². The second kappa shape index (κ2) is 9.58. The van der Waals surface area contributed by atoms with Gasteiger partial charge >= 0.3 is 0 Å². The molecular weight excluding hydrogens is 412 g/mol. The van der Waals surface area contributed by atoms with E-state index in [0.717, 1.165) is 73.1 Å². The summed E-state index contributed by atoms with van der Waals surface area (Å²) >= 11 is 0. The van der Waals surface area contributed by atoms with Crippen molar-refractivity contribution < 1.29 is 4.74 Å². The fourth-order valence-electron chi connectivity index (χ4n) is 4.49. The number of hydrogen-bond acceptors (Lipinski definition) is 6. The molecular formula is C26H30N6O. The molecule has 0 atom stereocenters. The lowest BCUT2D eigenvalue weighted by Gasteiger charge is -2.23. The molecule has 7 heteroatoms. The summed E-state index contributed by atoms with van der Waals surface area (Å²) in [5.74, 6) is 1.69. The Morgan fingerprint density at radius 1 is 1.00 bits per heavy atom. The first kappa shape index (κ1) is 21.4. The molecule has 0 radical (unpaired) electrons. The van der Waals surface area contributed by atoms with Crippen LogP contribution in [0.4, 0.5) is 5.95 Å². The molecule has 3 aromatic heterocycles. The predicted octanol–water partition coefficient (Wildman–Crippen LogP) is 4.23. The van der Waals surface area contributed by atoms with Gasteiger partial charge in [-0.1, -0.05) is 0 Å².